The molecule has 0 amide bonds. The molecule has 0 N–H and O–H groups in total. The molecule has 7 nitrogen and oxygen atoms in total. The second-order valence-corrected chi connectivity index (χ2v) is 9.48. The van der Waals surface area contributed by atoms with Crippen LogP contribution in [0.3, 0.4) is 0 Å². The summed E-state index contributed by atoms with van der Waals surface area (Å²) in [6.07, 6.45) is 0. The van der Waals surface area contributed by atoms with E-state index in [2.05, 4.69) is 4.98 Å². The van der Waals surface area contributed by atoms with E-state index in [9.17, 15) is 22.9 Å². The fraction of sp³-hybridized carbons (Fsp3) is 0.0952. The molecule has 158 valence electrons. The van der Waals surface area contributed by atoms with E-state index in [0.29, 0.717) is 27.9 Å². The van der Waals surface area contributed by atoms with Crippen LogP contribution in [0.15, 0.2) is 76.8 Å². The monoisotopic (exact) mass is 457 g/mol. The summed E-state index contributed by atoms with van der Waals surface area (Å²) in [7, 11) is -4.20. The lowest BCUT2D eigenvalue weighted by atomic mass is 10.2. The molecule has 0 unspecified atom stereocenters. The molecule has 0 radical (unpaired) electrons. The van der Waals surface area contributed by atoms with Gasteiger partial charge in [0, 0.05) is 17.9 Å². The highest BCUT2D eigenvalue weighted by Gasteiger charge is 2.27. The van der Waals surface area contributed by atoms with E-state index in [1.807, 2.05) is 0 Å². The van der Waals surface area contributed by atoms with Gasteiger partial charge in [-0.2, -0.15) is 0 Å². The van der Waals surface area contributed by atoms with Crippen molar-refractivity contribution in [3.05, 3.63) is 93.8 Å². The van der Waals surface area contributed by atoms with Crippen LogP contribution in [0, 0.1) is 22.9 Å². The molecule has 0 spiro atoms. The molecule has 31 heavy (non-hydrogen) atoms. The van der Waals surface area contributed by atoms with Crippen LogP contribution < -0.4 is 0 Å². The third kappa shape index (κ3) is 4.04. The fourth-order valence-electron chi connectivity index (χ4n) is 3.16. The van der Waals surface area contributed by atoms with E-state index in [1.54, 1.807) is 43.3 Å². The Hall–Kier alpha value is -3.24. The van der Waals surface area contributed by atoms with Gasteiger partial charge in [-0.05, 0) is 42.3 Å². The summed E-state index contributed by atoms with van der Waals surface area (Å²) in [5, 5.41) is 11.4. The van der Waals surface area contributed by atoms with Gasteiger partial charge in [-0.15, -0.1) is 0 Å². The Morgan fingerprint density at radius 1 is 1.10 bits per heavy atom. The maximum atomic E-state index is 13.6. The standard InChI is InChI=1S/C21H16FN3O4S2/c1-14-9-10-17(25(26)27)12-20(14)31(28,29)24-19-8-3-2-7-18(19)23-21(24)30-13-15-5-4-6-16(22)11-15/h2-12H,13H2,1H3. The van der Waals surface area contributed by atoms with E-state index in [4.69, 9.17) is 0 Å². The number of rotatable bonds is 6. The van der Waals surface area contributed by atoms with Crippen molar-refractivity contribution >= 4 is 38.5 Å². The molecule has 0 saturated heterocycles. The first-order valence-corrected chi connectivity index (χ1v) is 11.6. The van der Waals surface area contributed by atoms with Crippen LogP contribution in [-0.2, 0) is 15.8 Å². The van der Waals surface area contributed by atoms with Gasteiger partial charge in [0.2, 0.25) is 0 Å². The first-order valence-electron chi connectivity index (χ1n) is 9.13. The Labute approximate surface area is 181 Å². The lowest BCUT2D eigenvalue weighted by Crippen LogP contribution is -2.15. The molecule has 3 aromatic carbocycles. The number of aryl methyl sites for hydroxylation is 1. The zero-order valence-corrected chi connectivity index (χ0v) is 17.9. The quantitative estimate of drug-likeness (QED) is 0.232. The van der Waals surface area contributed by atoms with Gasteiger partial charge in [0.1, 0.15) is 5.82 Å². The largest absolute Gasteiger partial charge is 0.270 e. The Balaban J connectivity index is 1.85. The van der Waals surface area contributed by atoms with Gasteiger partial charge in [-0.3, -0.25) is 10.1 Å². The maximum absolute atomic E-state index is 13.6. The van der Waals surface area contributed by atoms with Crippen LogP contribution in [0.5, 0.6) is 0 Å². The average Bonchev–Trinajstić information content (AvgIpc) is 3.11. The number of nitro groups is 1. The van der Waals surface area contributed by atoms with Crippen molar-refractivity contribution in [2.24, 2.45) is 0 Å². The molecule has 10 heteroatoms. The molecule has 1 aromatic heterocycles. The number of hydrogen-bond acceptors (Lipinski definition) is 6. The topological polar surface area (TPSA) is 95.1 Å². The zero-order valence-electron chi connectivity index (χ0n) is 16.2. The number of para-hydroxylation sites is 2. The predicted molar refractivity (Wildman–Crippen MR) is 116 cm³/mol. The van der Waals surface area contributed by atoms with Crippen LogP contribution in [0.1, 0.15) is 11.1 Å². The van der Waals surface area contributed by atoms with Gasteiger partial charge >= 0.3 is 0 Å². The number of benzene rings is 3. The third-order valence-corrected chi connectivity index (χ3v) is 7.62. The van der Waals surface area contributed by atoms with Gasteiger partial charge in [-0.1, -0.05) is 42.1 Å². The summed E-state index contributed by atoms with van der Waals surface area (Å²) >= 11 is 1.14. The van der Waals surface area contributed by atoms with Crippen molar-refractivity contribution in [1.82, 2.24) is 8.96 Å². The predicted octanol–water partition coefficient (Wildman–Crippen LogP) is 4.92. The third-order valence-electron chi connectivity index (χ3n) is 4.65. The number of aromatic nitrogens is 2. The van der Waals surface area contributed by atoms with Crippen molar-refractivity contribution in [1.29, 1.82) is 0 Å². The van der Waals surface area contributed by atoms with Crippen molar-refractivity contribution in [2.75, 3.05) is 0 Å². The summed E-state index contributed by atoms with van der Waals surface area (Å²) in [5.74, 6) is -0.0868. The Bertz CT molecular complexity index is 1420. The second-order valence-electron chi connectivity index (χ2n) is 6.78. The Morgan fingerprint density at radius 2 is 1.87 bits per heavy atom. The summed E-state index contributed by atoms with van der Waals surface area (Å²) < 4.78 is 41.8. The number of non-ortho nitro benzene ring substituents is 1. The van der Waals surface area contributed by atoms with E-state index in [1.165, 1.54) is 24.3 Å². The van der Waals surface area contributed by atoms with Crippen molar-refractivity contribution in [2.45, 2.75) is 22.7 Å². The zero-order chi connectivity index (χ0) is 22.2. The molecular weight excluding hydrogens is 441 g/mol. The van der Waals surface area contributed by atoms with Gasteiger partial charge < -0.3 is 0 Å². The van der Waals surface area contributed by atoms with Crippen LogP contribution >= 0.6 is 11.8 Å². The minimum Gasteiger partial charge on any atom is -0.258 e. The van der Waals surface area contributed by atoms with E-state index in [-0.39, 0.29) is 21.6 Å². The molecule has 0 fully saturated rings. The van der Waals surface area contributed by atoms with E-state index in [0.717, 1.165) is 21.8 Å². The number of imidazole rings is 1. The molecule has 0 saturated carbocycles. The van der Waals surface area contributed by atoms with Gasteiger partial charge in [0.25, 0.3) is 15.7 Å². The van der Waals surface area contributed by atoms with Crippen LogP contribution in [0.25, 0.3) is 11.0 Å². The highest BCUT2D eigenvalue weighted by molar-refractivity contribution is 7.99. The number of nitrogens with zero attached hydrogens (tertiary/aromatic N) is 3. The van der Waals surface area contributed by atoms with E-state index < -0.39 is 14.9 Å². The molecule has 0 bridgehead atoms. The number of halogens is 1. The number of nitro benzene ring substituents is 1. The highest BCUT2D eigenvalue weighted by Crippen LogP contribution is 2.32. The lowest BCUT2D eigenvalue weighted by Gasteiger charge is -2.12. The van der Waals surface area contributed by atoms with Crippen LogP contribution in [0.4, 0.5) is 10.1 Å². The normalized spacial score (nSPS) is 11.7. The fourth-order valence-corrected chi connectivity index (χ4v) is 6.07. The number of fused-ring (bicyclic) bond motifs is 1. The molecular formula is C21H16FN3O4S2. The molecule has 0 aliphatic carbocycles. The molecule has 0 aliphatic rings. The summed E-state index contributed by atoms with van der Waals surface area (Å²) in [4.78, 5) is 14.8. The second kappa shape index (κ2) is 8.12. The molecule has 1 heterocycles. The SMILES string of the molecule is Cc1ccc([N+](=O)[O-])cc1S(=O)(=O)n1c(SCc2cccc(F)c2)nc2ccccc21. The lowest BCUT2D eigenvalue weighted by molar-refractivity contribution is -0.385. The van der Waals surface area contributed by atoms with E-state index >= 15 is 0 Å². The first-order chi connectivity index (χ1) is 14.8. The van der Waals surface area contributed by atoms with Crippen molar-refractivity contribution in [3.8, 4) is 0 Å². The molecule has 4 aromatic rings. The number of hydrogen-bond donors (Lipinski definition) is 0. The van der Waals surface area contributed by atoms with Gasteiger partial charge in [0.05, 0.1) is 20.9 Å². The number of thioether (sulfide) groups is 1. The summed E-state index contributed by atoms with van der Waals surface area (Å²) in [5.41, 5.74) is 1.56. The molecule has 0 atom stereocenters. The minimum atomic E-state index is -4.20. The minimum absolute atomic E-state index is 0.169. The van der Waals surface area contributed by atoms with Crippen molar-refractivity contribution in [3.63, 3.8) is 0 Å². The van der Waals surface area contributed by atoms with Crippen LogP contribution in [0.2, 0.25) is 0 Å². The summed E-state index contributed by atoms with van der Waals surface area (Å²) in [6.45, 7) is 1.58. The maximum Gasteiger partial charge on any atom is 0.270 e. The Kier molecular flexibility index (Phi) is 5.50. The smallest absolute Gasteiger partial charge is 0.258 e. The van der Waals surface area contributed by atoms with Crippen molar-refractivity contribution < 1.29 is 17.7 Å². The average molecular weight is 458 g/mol. The van der Waals surface area contributed by atoms with Crippen LogP contribution in [-0.4, -0.2) is 22.3 Å². The highest BCUT2D eigenvalue weighted by atomic mass is 32.2. The van der Waals surface area contributed by atoms with Gasteiger partial charge in [0.15, 0.2) is 5.16 Å². The first kappa shape index (κ1) is 21.0. The molecule has 4 rings (SSSR count). The van der Waals surface area contributed by atoms with Gasteiger partial charge in [-0.25, -0.2) is 21.8 Å². The molecule has 0 aliphatic heterocycles. The summed E-state index contributed by atoms with van der Waals surface area (Å²) in [6, 6.07) is 16.5. The Morgan fingerprint density at radius 3 is 2.61 bits per heavy atom.